The molecule has 0 aromatic carbocycles. The zero-order valence-electron chi connectivity index (χ0n) is 14.0. The first-order valence-corrected chi connectivity index (χ1v) is 9.16. The zero-order chi connectivity index (χ0) is 14.4. The Morgan fingerprint density at radius 2 is 1.80 bits per heavy atom. The van der Waals surface area contributed by atoms with Crippen molar-refractivity contribution in [2.24, 2.45) is 11.8 Å². The van der Waals surface area contributed by atoms with E-state index in [0.29, 0.717) is 6.04 Å². The molecule has 3 atom stereocenters. The van der Waals surface area contributed by atoms with Gasteiger partial charge in [0.15, 0.2) is 0 Å². The molecule has 2 aliphatic rings. The third-order valence-electron chi connectivity index (χ3n) is 5.52. The largest absolute Gasteiger partial charge is 0.314 e. The lowest BCUT2D eigenvalue weighted by molar-refractivity contribution is 0.110. The van der Waals surface area contributed by atoms with Crippen LogP contribution in [0.5, 0.6) is 0 Å². The fraction of sp³-hybridized carbons (Fsp3) is 1.00. The molecule has 0 amide bonds. The van der Waals surface area contributed by atoms with Crippen LogP contribution in [0, 0.1) is 11.8 Å². The number of nitrogens with zero attached hydrogens (tertiary/aromatic N) is 1. The summed E-state index contributed by atoms with van der Waals surface area (Å²) in [4.78, 5) is 2.84. The van der Waals surface area contributed by atoms with Crippen LogP contribution in [0.2, 0.25) is 0 Å². The molecule has 0 spiro atoms. The SMILES string of the molecule is CCC1CCCC(N2CCCC(CNC(C)C)C2)CC1. The van der Waals surface area contributed by atoms with E-state index < -0.39 is 0 Å². The Kier molecular flexibility index (Phi) is 6.83. The minimum atomic E-state index is 0.633. The van der Waals surface area contributed by atoms with E-state index in [1.54, 1.807) is 0 Å². The molecule has 1 heterocycles. The minimum absolute atomic E-state index is 0.633. The van der Waals surface area contributed by atoms with Crippen LogP contribution in [0.4, 0.5) is 0 Å². The van der Waals surface area contributed by atoms with Gasteiger partial charge in [0.2, 0.25) is 0 Å². The topological polar surface area (TPSA) is 15.3 Å². The number of hydrogen-bond acceptors (Lipinski definition) is 2. The zero-order valence-corrected chi connectivity index (χ0v) is 14.0. The Labute approximate surface area is 126 Å². The highest BCUT2D eigenvalue weighted by molar-refractivity contribution is 4.83. The first-order valence-electron chi connectivity index (χ1n) is 9.16. The Bertz CT molecular complexity index is 264. The Morgan fingerprint density at radius 1 is 1.00 bits per heavy atom. The maximum Gasteiger partial charge on any atom is 0.00954 e. The van der Waals surface area contributed by atoms with E-state index in [-0.39, 0.29) is 0 Å². The van der Waals surface area contributed by atoms with Crippen molar-refractivity contribution in [1.82, 2.24) is 10.2 Å². The Balaban J connectivity index is 1.79. The summed E-state index contributed by atoms with van der Waals surface area (Å²) in [7, 11) is 0. The Hall–Kier alpha value is -0.0800. The highest BCUT2D eigenvalue weighted by Crippen LogP contribution is 2.30. The summed E-state index contributed by atoms with van der Waals surface area (Å²) in [6.07, 6.45) is 11.6. The van der Waals surface area contributed by atoms with Gasteiger partial charge in [0.25, 0.3) is 0 Å². The highest BCUT2D eigenvalue weighted by Gasteiger charge is 2.27. The lowest BCUT2D eigenvalue weighted by atomic mass is 9.94. The molecule has 2 rings (SSSR count). The standard InChI is InChI=1S/C18H36N2/c1-4-16-7-5-9-18(11-10-16)20-12-6-8-17(14-20)13-19-15(2)3/h15-19H,4-14H2,1-3H3. The van der Waals surface area contributed by atoms with Gasteiger partial charge < -0.3 is 10.2 Å². The van der Waals surface area contributed by atoms with Crippen molar-refractivity contribution in [3.05, 3.63) is 0 Å². The van der Waals surface area contributed by atoms with Crippen molar-refractivity contribution < 1.29 is 0 Å². The molecular weight excluding hydrogens is 244 g/mol. The fourth-order valence-electron chi connectivity index (χ4n) is 4.13. The van der Waals surface area contributed by atoms with Crippen molar-refractivity contribution in [1.29, 1.82) is 0 Å². The number of rotatable bonds is 5. The van der Waals surface area contributed by atoms with Crippen LogP contribution < -0.4 is 5.32 Å². The van der Waals surface area contributed by atoms with E-state index in [2.05, 4.69) is 31.0 Å². The molecule has 1 aliphatic heterocycles. The molecule has 0 bridgehead atoms. The van der Waals surface area contributed by atoms with Crippen molar-refractivity contribution in [2.75, 3.05) is 19.6 Å². The molecule has 2 nitrogen and oxygen atoms in total. The lowest BCUT2D eigenvalue weighted by Crippen LogP contribution is -2.45. The van der Waals surface area contributed by atoms with Crippen molar-refractivity contribution in [3.8, 4) is 0 Å². The number of likely N-dealkylation sites (tertiary alicyclic amines) is 1. The molecule has 1 N–H and O–H groups in total. The third-order valence-corrected chi connectivity index (χ3v) is 5.52. The average Bonchev–Trinajstić information content (AvgIpc) is 2.71. The van der Waals surface area contributed by atoms with Gasteiger partial charge in [0.05, 0.1) is 0 Å². The normalized spacial score (nSPS) is 33.3. The second kappa shape index (κ2) is 8.38. The van der Waals surface area contributed by atoms with Crippen LogP contribution in [0.15, 0.2) is 0 Å². The van der Waals surface area contributed by atoms with Gasteiger partial charge in [0, 0.05) is 18.6 Å². The van der Waals surface area contributed by atoms with E-state index in [1.807, 2.05) is 0 Å². The van der Waals surface area contributed by atoms with Crippen molar-refractivity contribution >= 4 is 0 Å². The van der Waals surface area contributed by atoms with Gasteiger partial charge in [-0.15, -0.1) is 0 Å². The molecule has 1 saturated carbocycles. The first kappa shape index (κ1) is 16.3. The number of hydrogen-bond donors (Lipinski definition) is 1. The maximum absolute atomic E-state index is 3.64. The second-order valence-corrected chi connectivity index (χ2v) is 7.50. The summed E-state index contributed by atoms with van der Waals surface area (Å²) in [6.45, 7) is 10.8. The smallest absolute Gasteiger partial charge is 0.00954 e. The van der Waals surface area contributed by atoms with Crippen LogP contribution in [0.1, 0.15) is 72.1 Å². The summed E-state index contributed by atoms with van der Waals surface area (Å²) in [6, 6.07) is 1.53. The summed E-state index contributed by atoms with van der Waals surface area (Å²) in [5.41, 5.74) is 0. The second-order valence-electron chi connectivity index (χ2n) is 7.50. The lowest BCUT2D eigenvalue weighted by Gasteiger charge is -2.38. The molecule has 0 aromatic rings. The van der Waals surface area contributed by atoms with Crippen molar-refractivity contribution in [2.45, 2.75) is 84.2 Å². The summed E-state index contributed by atoms with van der Waals surface area (Å²) >= 11 is 0. The van der Waals surface area contributed by atoms with Gasteiger partial charge >= 0.3 is 0 Å². The maximum atomic E-state index is 3.64. The van der Waals surface area contributed by atoms with Gasteiger partial charge in [0.1, 0.15) is 0 Å². The number of piperidine rings is 1. The molecule has 118 valence electrons. The molecular formula is C18H36N2. The molecule has 1 aliphatic carbocycles. The summed E-state index contributed by atoms with van der Waals surface area (Å²) in [5, 5.41) is 3.64. The predicted octanol–water partition coefficient (Wildman–Crippen LogP) is 4.06. The van der Waals surface area contributed by atoms with Crippen LogP contribution in [0.25, 0.3) is 0 Å². The minimum Gasteiger partial charge on any atom is -0.314 e. The molecule has 0 radical (unpaired) electrons. The van der Waals surface area contributed by atoms with Gasteiger partial charge in [-0.05, 0) is 57.0 Å². The van der Waals surface area contributed by atoms with Crippen LogP contribution >= 0.6 is 0 Å². The van der Waals surface area contributed by atoms with Gasteiger partial charge in [-0.2, -0.15) is 0 Å². The molecule has 2 fully saturated rings. The molecule has 2 heteroatoms. The van der Waals surface area contributed by atoms with E-state index in [0.717, 1.165) is 17.9 Å². The third kappa shape index (κ3) is 5.04. The average molecular weight is 281 g/mol. The van der Waals surface area contributed by atoms with Crippen LogP contribution in [-0.2, 0) is 0 Å². The van der Waals surface area contributed by atoms with Crippen LogP contribution in [0.3, 0.4) is 0 Å². The van der Waals surface area contributed by atoms with E-state index in [1.165, 1.54) is 71.0 Å². The van der Waals surface area contributed by atoms with Gasteiger partial charge in [-0.3, -0.25) is 0 Å². The molecule has 20 heavy (non-hydrogen) atoms. The molecule has 3 unspecified atom stereocenters. The fourth-order valence-corrected chi connectivity index (χ4v) is 4.13. The van der Waals surface area contributed by atoms with E-state index in [4.69, 9.17) is 0 Å². The van der Waals surface area contributed by atoms with E-state index >= 15 is 0 Å². The van der Waals surface area contributed by atoms with Crippen LogP contribution in [-0.4, -0.2) is 36.6 Å². The number of nitrogens with one attached hydrogen (secondary N) is 1. The monoisotopic (exact) mass is 280 g/mol. The highest BCUT2D eigenvalue weighted by atomic mass is 15.2. The van der Waals surface area contributed by atoms with Crippen molar-refractivity contribution in [3.63, 3.8) is 0 Å². The summed E-state index contributed by atoms with van der Waals surface area (Å²) in [5.74, 6) is 1.90. The van der Waals surface area contributed by atoms with Gasteiger partial charge in [-0.25, -0.2) is 0 Å². The summed E-state index contributed by atoms with van der Waals surface area (Å²) < 4.78 is 0. The molecule has 0 aromatic heterocycles. The first-order chi connectivity index (χ1) is 9.69. The molecule has 1 saturated heterocycles. The quantitative estimate of drug-likeness (QED) is 0.764. The van der Waals surface area contributed by atoms with Gasteiger partial charge in [-0.1, -0.05) is 40.0 Å². The predicted molar refractivity (Wildman–Crippen MR) is 88.1 cm³/mol. The van der Waals surface area contributed by atoms with E-state index in [9.17, 15) is 0 Å². The Morgan fingerprint density at radius 3 is 2.55 bits per heavy atom.